The number of pyridine rings is 1. The number of hydrogen-bond donors (Lipinski definition) is 1. The van der Waals surface area contributed by atoms with Crippen LogP contribution in [0.2, 0.25) is 0 Å². The maximum Gasteiger partial charge on any atom is 0.341 e. The highest BCUT2D eigenvalue weighted by Gasteiger charge is 2.31. The average Bonchev–Trinajstić information content (AvgIpc) is 3.48. The Bertz CT molecular complexity index is 1280. The van der Waals surface area contributed by atoms with Crippen molar-refractivity contribution in [3.63, 3.8) is 0 Å². The molecule has 0 amide bonds. The van der Waals surface area contributed by atoms with Crippen LogP contribution in [-0.2, 0) is 6.42 Å². The molecule has 1 saturated carbocycles. The van der Waals surface area contributed by atoms with Crippen molar-refractivity contribution < 1.29 is 19.4 Å². The fraction of sp³-hybridized carbons (Fsp3) is 0.348. The molecule has 0 saturated heterocycles. The van der Waals surface area contributed by atoms with Crippen molar-refractivity contribution in [3.05, 3.63) is 50.6 Å². The molecular weight excluding hydrogens is 402 g/mol. The van der Waals surface area contributed by atoms with Crippen molar-refractivity contribution in [1.82, 2.24) is 4.57 Å². The number of aryl methyl sites for hydroxylation is 1. The molecule has 1 unspecified atom stereocenters. The highest BCUT2D eigenvalue weighted by molar-refractivity contribution is 7.16. The van der Waals surface area contributed by atoms with Gasteiger partial charge in [0.15, 0.2) is 11.5 Å². The van der Waals surface area contributed by atoms with Gasteiger partial charge in [-0.1, -0.05) is 6.92 Å². The van der Waals surface area contributed by atoms with Gasteiger partial charge in [-0.05, 0) is 43.9 Å². The third kappa shape index (κ3) is 2.80. The van der Waals surface area contributed by atoms with E-state index in [2.05, 4.69) is 0 Å². The number of carbonyl (C=O) groups excluding carboxylic acids is 1. The minimum absolute atomic E-state index is 0.0351. The second-order valence-corrected chi connectivity index (χ2v) is 9.25. The van der Waals surface area contributed by atoms with E-state index in [0.29, 0.717) is 16.7 Å². The molecule has 2 aromatic heterocycles. The molecule has 2 heterocycles. The topological polar surface area (TPSA) is 85.6 Å². The van der Waals surface area contributed by atoms with Crippen molar-refractivity contribution in [1.29, 1.82) is 0 Å². The Morgan fingerprint density at radius 2 is 1.97 bits per heavy atom. The standard InChI is InChI=1S/C23H21NO5S/c1-11-3-8-17-15(20(11)25)9-18(30-17)13-6-7-14-19(22(13)29-2)24(12-4-5-12)10-16(21(14)26)23(27)28/h6-7,9-12H,3-5,8H2,1-2H3,(H,27,28). The van der Waals surface area contributed by atoms with E-state index in [1.54, 1.807) is 30.6 Å². The summed E-state index contributed by atoms with van der Waals surface area (Å²) < 4.78 is 7.66. The van der Waals surface area contributed by atoms with Crippen molar-refractivity contribution >= 4 is 34.0 Å². The Labute approximate surface area is 176 Å². The number of thiophene rings is 1. The predicted molar refractivity (Wildman–Crippen MR) is 115 cm³/mol. The smallest absolute Gasteiger partial charge is 0.341 e. The minimum atomic E-state index is -1.22. The molecule has 2 aliphatic carbocycles. The first-order chi connectivity index (χ1) is 14.4. The number of ether oxygens (including phenoxy) is 1. The molecule has 30 heavy (non-hydrogen) atoms. The number of aromatic nitrogens is 1. The molecular formula is C23H21NO5S. The van der Waals surface area contributed by atoms with E-state index in [-0.39, 0.29) is 23.3 Å². The maximum atomic E-state index is 12.8. The molecule has 0 aliphatic heterocycles. The number of benzene rings is 1. The molecule has 6 nitrogen and oxygen atoms in total. The Kier molecular flexibility index (Phi) is 4.32. The zero-order valence-electron chi connectivity index (χ0n) is 16.7. The molecule has 1 aromatic carbocycles. The number of nitrogens with zero attached hydrogens (tertiary/aromatic N) is 1. The summed E-state index contributed by atoms with van der Waals surface area (Å²) in [6, 6.07) is 5.59. The lowest BCUT2D eigenvalue weighted by Crippen LogP contribution is -2.19. The second-order valence-electron chi connectivity index (χ2n) is 8.11. The number of ketones is 1. The first-order valence-corrected chi connectivity index (χ1v) is 10.9. The van der Waals surface area contributed by atoms with Crippen LogP contribution in [0, 0.1) is 5.92 Å². The molecule has 0 radical (unpaired) electrons. The highest BCUT2D eigenvalue weighted by atomic mass is 32.1. The van der Waals surface area contributed by atoms with E-state index in [0.717, 1.165) is 46.6 Å². The van der Waals surface area contributed by atoms with Gasteiger partial charge >= 0.3 is 5.97 Å². The zero-order chi connectivity index (χ0) is 21.2. The molecule has 1 atom stereocenters. The number of aromatic carboxylic acids is 1. The van der Waals surface area contributed by atoms with Gasteiger partial charge in [0.25, 0.3) is 0 Å². The number of fused-ring (bicyclic) bond motifs is 2. The van der Waals surface area contributed by atoms with Crippen LogP contribution >= 0.6 is 11.3 Å². The number of rotatable bonds is 4. The van der Waals surface area contributed by atoms with Crippen molar-refractivity contribution in [2.75, 3.05) is 7.11 Å². The number of carboxylic acids is 1. The minimum Gasteiger partial charge on any atom is -0.494 e. The zero-order valence-corrected chi connectivity index (χ0v) is 17.5. The van der Waals surface area contributed by atoms with Gasteiger partial charge in [0.2, 0.25) is 5.43 Å². The summed E-state index contributed by atoms with van der Waals surface area (Å²) in [7, 11) is 1.56. The summed E-state index contributed by atoms with van der Waals surface area (Å²) in [6.07, 6.45) is 5.06. The van der Waals surface area contributed by atoms with Crippen LogP contribution in [0.3, 0.4) is 0 Å². The van der Waals surface area contributed by atoms with Gasteiger partial charge in [0.1, 0.15) is 5.56 Å². The lowest BCUT2D eigenvalue weighted by atomic mass is 9.88. The molecule has 7 heteroatoms. The molecule has 5 rings (SSSR count). The van der Waals surface area contributed by atoms with Gasteiger partial charge in [0.05, 0.1) is 18.0 Å². The van der Waals surface area contributed by atoms with Crippen LogP contribution < -0.4 is 10.2 Å². The molecule has 3 aromatic rings. The molecule has 2 aliphatic rings. The fourth-order valence-electron chi connectivity index (χ4n) is 4.31. The quantitative estimate of drug-likeness (QED) is 0.666. The van der Waals surface area contributed by atoms with E-state index < -0.39 is 11.4 Å². The van der Waals surface area contributed by atoms with Gasteiger partial charge in [-0.25, -0.2) is 4.79 Å². The van der Waals surface area contributed by atoms with Crippen LogP contribution in [0.1, 0.15) is 57.8 Å². The molecule has 1 fully saturated rings. The summed E-state index contributed by atoms with van der Waals surface area (Å²) in [4.78, 5) is 39.0. The van der Waals surface area contributed by atoms with Crippen molar-refractivity contribution in [2.24, 2.45) is 5.92 Å². The summed E-state index contributed by atoms with van der Waals surface area (Å²) in [5.74, 6) is -0.460. The lowest BCUT2D eigenvalue weighted by Gasteiger charge is -2.17. The van der Waals surface area contributed by atoms with Crippen molar-refractivity contribution in [3.8, 4) is 16.2 Å². The second kappa shape index (κ2) is 6.80. The number of hydrogen-bond acceptors (Lipinski definition) is 5. The van der Waals surface area contributed by atoms with E-state index in [4.69, 9.17) is 4.74 Å². The number of carboxylic acid groups (broad SMARTS) is 1. The Hall–Kier alpha value is -2.93. The van der Waals surface area contributed by atoms with Gasteiger partial charge in [-0.2, -0.15) is 0 Å². The van der Waals surface area contributed by atoms with Gasteiger partial charge in [-0.15, -0.1) is 11.3 Å². The normalized spacial score (nSPS) is 18.5. The summed E-state index contributed by atoms with van der Waals surface area (Å²) in [5.41, 5.74) is 1.50. The van der Waals surface area contributed by atoms with Gasteiger partial charge in [0, 0.05) is 39.0 Å². The Balaban J connectivity index is 1.78. The summed E-state index contributed by atoms with van der Waals surface area (Å²) >= 11 is 1.59. The van der Waals surface area contributed by atoms with E-state index >= 15 is 0 Å². The van der Waals surface area contributed by atoms with Crippen LogP contribution in [0.25, 0.3) is 21.3 Å². The molecule has 0 spiro atoms. The molecule has 1 N–H and O–H groups in total. The molecule has 0 bridgehead atoms. The number of methoxy groups -OCH3 is 1. The first-order valence-electron chi connectivity index (χ1n) is 10.1. The Morgan fingerprint density at radius 3 is 2.63 bits per heavy atom. The first kappa shape index (κ1) is 19.1. The van der Waals surface area contributed by atoms with Crippen LogP contribution in [0.4, 0.5) is 0 Å². The monoisotopic (exact) mass is 423 g/mol. The van der Waals surface area contributed by atoms with Crippen LogP contribution in [0.15, 0.2) is 29.2 Å². The van der Waals surface area contributed by atoms with E-state index in [9.17, 15) is 19.5 Å². The average molecular weight is 423 g/mol. The number of Topliss-reactive ketones (excluding diaryl/α,β-unsaturated/α-hetero) is 1. The van der Waals surface area contributed by atoms with Gasteiger partial charge < -0.3 is 14.4 Å². The maximum absolute atomic E-state index is 12.8. The largest absolute Gasteiger partial charge is 0.494 e. The van der Waals surface area contributed by atoms with Crippen molar-refractivity contribution in [2.45, 2.75) is 38.6 Å². The highest BCUT2D eigenvalue weighted by Crippen LogP contribution is 2.45. The van der Waals surface area contributed by atoms with Crippen LogP contribution in [0.5, 0.6) is 5.75 Å². The summed E-state index contributed by atoms with van der Waals surface area (Å²) in [5, 5.41) is 9.82. The van der Waals surface area contributed by atoms with Crippen LogP contribution in [-0.4, -0.2) is 28.5 Å². The fourth-order valence-corrected chi connectivity index (χ4v) is 5.51. The third-order valence-corrected chi connectivity index (χ3v) is 7.34. The number of carbonyl (C=O) groups is 2. The lowest BCUT2D eigenvalue weighted by molar-refractivity contribution is 0.0694. The predicted octanol–water partition coefficient (Wildman–Crippen LogP) is 4.54. The summed E-state index contributed by atoms with van der Waals surface area (Å²) in [6.45, 7) is 1.97. The SMILES string of the molecule is COc1c(-c2cc3c(s2)CCC(C)C3=O)ccc2c(=O)c(C(=O)O)cn(C3CC3)c12. The Morgan fingerprint density at radius 1 is 1.20 bits per heavy atom. The van der Waals surface area contributed by atoms with E-state index in [1.807, 2.05) is 17.6 Å². The third-order valence-electron chi connectivity index (χ3n) is 6.11. The van der Waals surface area contributed by atoms with E-state index in [1.165, 1.54) is 6.20 Å². The molecule has 154 valence electrons. The van der Waals surface area contributed by atoms with Gasteiger partial charge in [-0.3, -0.25) is 9.59 Å².